The summed E-state index contributed by atoms with van der Waals surface area (Å²) in [6.07, 6.45) is 8.05. The molecule has 2 N–H and O–H groups in total. The van der Waals surface area contributed by atoms with Gasteiger partial charge in [-0.25, -0.2) is 0 Å². The maximum absolute atomic E-state index is 12.0. The van der Waals surface area contributed by atoms with E-state index in [0.717, 1.165) is 24.8 Å². The molecule has 0 aliphatic heterocycles. The van der Waals surface area contributed by atoms with Crippen LogP contribution in [-0.4, -0.2) is 25.9 Å². The number of hydrogen-bond donors (Lipinski definition) is 2. The first kappa shape index (κ1) is 11.0. The predicted molar refractivity (Wildman–Crippen MR) is 64.9 cm³/mol. The third-order valence-electron chi connectivity index (χ3n) is 3.44. The molecule has 0 radical (unpaired) electrons. The minimum absolute atomic E-state index is 0.0600. The van der Waals surface area contributed by atoms with E-state index in [1.54, 1.807) is 6.20 Å². The molecule has 18 heavy (non-hydrogen) atoms. The van der Waals surface area contributed by atoms with Crippen molar-refractivity contribution < 1.29 is 4.79 Å². The highest BCUT2D eigenvalue weighted by Gasteiger charge is 2.25. The standard InChI is InChI=1S/C12H15N5O/c1-17-11-4-2-3-10(9(11)7-15-17)16-12(18)8-5-13-14-6-8/h5-7,10H,2-4H2,1H3,(H,13,14)(H,16,18). The zero-order valence-corrected chi connectivity index (χ0v) is 10.2. The maximum atomic E-state index is 12.0. The number of carbonyl (C=O) groups excluding carboxylic acids is 1. The fraction of sp³-hybridized carbons (Fsp3) is 0.417. The van der Waals surface area contributed by atoms with E-state index in [2.05, 4.69) is 20.6 Å². The summed E-state index contributed by atoms with van der Waals surface area (Å²) in [6.45, 7) is 0. The third kappa shape index (κ3) is 1.79. The first-order valence-electron chi connectivity index (χ1n) is 6.06. The monoisotopic (exact) mass is 245 g/mol. The Morgan fingerprint density at radius 2 is 2.44 bits per heavy atom. The number of nitrogens with one attached hydrogen (secondary N) is 2. The lowest BCUT2D eigenvalue weighted by molar-refractivity contribution is 0.0932. The Labute approximate surface area is 104 Å². The summed E-state index contributed by atoms with van der Waals surface area (Å²) in [4.78, 5) is 12.0. The number of amides is 1. The number of aryl methyl sites for hydroxylation is 1. The summed E-state index contributed by atoms with van der Waals surface area (Å²) in [5, 5.41) is 13.7. The molecule has 1 aliphatic rings. The molecule has 1 unspecified atom stereocenters. The van der Waals surface area contributed by atoms with Gasteiger partial charge in [-0.3, -0.25) is 14.6 Å². The number of aromatic nitrogens is 4. The van der Waals surface area contributed by atoms with Gasteiger partial charge in [0.05, 0.1) is 24.0 Å². The van der Waals surface area contributed by atoms with Crippen LogP contribution < -0.4 is 5.32 Å². The number of fused-ring (bicyclic) bond motifs is 1. The van der Waals surface area contributed by atoms with E-state index >= 15 is 0 Å². The topological polar surface area (TPSA) is 75.6 Å². The highest BCUT2D eigenvalue weighted by Crippen LogP contribution is 2.29. The lowest BCUT2D eigenvalue weighted by Crippen LogP contribution is -2.30. The average molecular weight is 245 g/mol. The van der Waals surface area contributed by atoms with Crippen LogP contribution >= 0.6 is 0 Å². The molecule has 1 atom stereocenters. The molecule has 6 nitrogen and oxygen atoms in total. The van der Waals surface area contributed by atoms with Gasteiger partial charge in [0.2, 0.25) is 0 Å². The highest BCUT2D eigenvalue weighted by molar-refractivity contribution is 5.93. The van der Waals surface area contributed by atoms with Crippen LogP contribution in [0.1, 0.15) is 40.5 Å². The van der Waals surface area contributed by atoms with Gasteiger partial charge in [0, 0.05) is 24.5 Å². The van der Waals surface area contributed by atoms with E-state index in [-0.39, 0.29) is 11.9 Å². The third-order valence-corrected chi connectivity index (χ3v) is 3.44. The van der Waals surface area contributed by atoms with Crippen molar-refractivity contribution in [3.05, 3.63) is 35.4 Å². The molecular weight excluding hydrogens is 230 g/mol. The minimum Gasteiger partial charge on any atom is -0.345 e. The second kappa shape index (κ2) is 4.29. The molecule has 3 rings (SSSR count). The van der Waals surface area contributed by atoms with Gasteiger partial charge in [0.25, 0.3) is 5.91 Å². The van der Waals surface area contributed by atoms with Crippen molar-refractivity contribution in [1.29, 1.82) is 0 Å². The van der Waals surface area contributed by atoms with E-state index in [4.69, 9.17) is 0 Å². The van der Waals surface area contributed by atoms with E-state index < -0.39 is 0 Å². The molecule has 2 heterocycles. The fourth-order valence-corrected chi connectivity index (χ4v) is 2.47. The molecule has 0 saturated heterocycles. The number of aromatic amines is 1. The van der Waals surface area contributed by atoms with Crippen LogP contribution in [0.5, 0.6) is 0 Å². The highest BCUT2D eigenvalue weighted by atomic mass is 16.1. The Kier molecular flexibility index (Phi) is 2.62. The zero-order valence-electron chi connectivity index (χ0n) is 10.2. The molecule has 0 saturated carbocycles. The van der Waals surface area contributed by atoms with Crippen molar-refractivity contribution in [3.63, 3.8) is 0 Å². The van der Waals surface area contributed by atoms with Gasteiger partial charge < -0.3 is 5.32 Å². The molecule has 2 aromatic heterocycles. The Morgan fingerprint density at radius 3 is 3.22 bits per heavy atom. The predicted octanol–water partition coefficient (Wildman–Crippen LogP) is 0.951. The fourth-order valence-electron chi connectivity index (χ4n) is 2.47. The second-order valence-corrected chi connectivity index (χ2v) is 4.58. The van der Waals surface area contributed by atoms with Gasteiger partial charge in [0.1, 0.15) is 0 Å². The van der Waals surface area contributed by atoms with Crippen LogP contribution in [-0.2, 0) is 13.5 Å². The van der Waals surface area contributed by atoms with Gasteiger partial charge >= 0.3 is 0 Å². The largest absolute Gasteiger partial charge is 0.345 e. The summed E-state index contributed by atoms with van der Waals surface area (Å²) in [7, 11) is 1.94. The van der Waals surface area contributed by atoms with Gasteiger partial charge in [-0.2, -0.15) is 10.2 Å². The summed E-state index contributed by atoms with van der Waals surface area (Å²) >= 11 is 0. The van der Waals surface area contributed by atoms with Gasteiger partial charge in [-0.15, -0.1) is 0 Å². The van der Waals surface area contributed by atoms with Crippen LogP contribution in [0.25, 0.3) is 0 Å². The van der Waals surface area contributed by atoms with Crippen molar-refractivity contribution in [2.75, 3.05) is 0 Å². The van der Waals surface area contributed by atoms with Gasteiger partial charge in [-0.1, -0.05) is 0 Å². The summed E-state index contributed by atoms with van der Waals surface area (Å²) < 4.78 is 1.89. The summed E-state index contributed by atoms with van der Waals surface area (Å²) in [5.74, 6) is -0.0922. The normalized spacial score (nSPS) is 18.4. The Hall–Kier alpha value is -2.11. The number of carbonyl (C=O) groups is 1. The minimum atomic E-state index is -0.0922. The van der Waals surface area contributed by atoms with Crippen LogP contribution in [0.15, 0.2) is 18.6 Å². The molecule has 94 valence electrons. The van der Waals surface area contributed by atoms with Gasteiger partial charge in [-0.05, 0) is 19.3 Å². The van der Waals surface area contributed by atoms with Gasteiger partial charge in [0.15, 0.2) is 0 Å². The Bertz CT molecular complexity index is 557. The van der Waals surface area contributed by atoms with Crippen LogP contribution in [0.4, 0.5) is 0 Å². The summed E-state index contributed by atoms with van der Waals surface area (Å²) in [5.41, 5.74) is 2.92. The SMILES string of the molecule is Cn1ncc2c1CCCC2NC(=O)c1cn[nH]c1. The Balaban J connectivity index is 1.80. The van der Waals surface area contributed by atoms with E-state index in [0.29, 0.717) is 5.56 Å². The lowest BCUT2D eigenvalue weighted by Gasteiger charge is -2.23. The molecular formula is C12H15N5O. The van der Waals surface area contributed by atoms with Crippen molar-refractivity contribution in [2.45, 2.75) is 25.3 Å². The number of nitrogens with zero attached hydrogens (tertiary/aromatic N) is 3. The van der Waals surface area contributed by atoms with Crippen molar-refractivity contribution in [1.82, 2.24) is 25.3 Å². The molecule has 0 spiro atoms. The molecule has 0 bridgehead atoms. The second-order valence-electron chi connectivity index (χ2n) is 4.58. The lowest BCUT2D eigenvalue weighted by atomic mass is 9.93. The smallest absolute Gasteiger partial charge is 0.254 e. The molecule has 2 aromatic rings. The van der Waals surface area contributed by atoms with Crippen LogP contribution in [0.3, 0.4) is 0 Å². The van der Waals surface area contributed by atoms with Crippen LogP contribution in [0.2, 0.25) is 0 Å². The average Bonchev–Trinajstić information content (AvgIpc) is 3.00. The van der Waals surface area contributed by atoms with E-state index in [9.17, 15) is 4.79 Å². The Morgan fingerprint density at radius 1 is 1.56 bits per heavy atom. The van der Waals surface area contributed by atoms with E-state index in [1.165, 1.54) is 11.9 Å². The number of H-pyrrole nitrogens is 1. The van der Waals surface area contributed by atoms with Crippen molar-refractivity contribution >= 4 is 5.91 Å². The number of rotatable bonds is 2. The molecule has 1 aliphatic carbocycles. The van der Waals surface area contributed by atoms with Crippen molar-refractivity contribution in [3.8, 4) is 0 Å². The molecule has 1 amide bonds. The van der Waals surface area contributed by atoms with Crippen molar-refractivity contribution in [2.24, 2.45) is 7.05 Å². The summed E-state index contributed by atoms with van der Waals surface area (Å²) in [6, 6.07) is 0.0600. The molecule has 6 heteroatoms. The number of hydrogen-bond acceptors (Lipinski definition) is 3. The maximum Gasteiger partial charge on any atom is 0.254 e. The first-order chi connectivity index (χ1) is 8.75. The van der Waals surface area contributed by atoms with E-state index in [1.807, 2.05) is 17.9 Å². The first-order valence-corrected chi connectivity index (χ1v) is 6.06. The molecule has 0 fully saturated rings. The van der Waals surface area contributed by atoms with Crippen LogP contribution in [0, 0.1) is 0 Å². The quantitative estimate of drug-likeness (QED) is 0.827. The zero-order chi connectivity index (χ0) is 12.5. The molecule has 0 aromatic carbocycles.